The van der Waals surface area contributed by atoms with Crippen LogP contribution in [0.3, 0.4) is 0 Å². The van der Waals surface area contributed by atoms with Gasteiger partial charge in [0.1, 0.15) is 5.82 Å². The van der Waals surface area contributed by atoms with Crippen LogP contribution in [0.4, 0.5) is 30.6 Å². The number of hydrogen-bond donors (Lipinski definition) is 2. The maximum absolute atomic E-state index is 12.6. The molecule has 2 fully saturated rings. The molecule has 3 aromatic rings. The van der Waals surface area contributed by atoms with Gasteiger partial charge in [0.05, 0.1) is 17.1 Å². The number of fused-ring (bicyclic) bond motifs is 1. The van der Waals surface area contributed by atoms with Crippen molar-refractivity contribution in [2.45, 2.75) is 52.3 Å². The van der Waals surface area contributed by atoms with E-state index >= 15 is 0 Å². The minimum atomic E-state index is -5.08. The summed E-state index contributed by atoms with van der Waals surface area (Å²) in [6.07, 6.45) is -1.49. The van der Waals surface area contributed by atoms with Crippen LogP contribution in [0, 0.1) is 11.8 Å². The smallest absolute Gasteiger partial charge is 0.475 e. The standard InChI is InChI=1S/C25H33N7O.C2HF3O2/c1-17-10-11-30(15-17)22-20-14-27-32(25(2,3)4)23(20)29-24(28-22)26-13-18-12-21(33)31(16-18)19-8-6-5-7-9-19;3-2(4,5)1(6)7/h5-9,14,17-18H,10-13,15-16H2,1-4H3,(H,26,28,29);(H,6,7). The fourth-order valence-electron chi connectivity index (χ4n) is 4.84. The molecule has 1 aromatic carbocycles. The van der Waals surface area contributed by atoms with E-state index in [2.05, 4.69) is 43.0 Å². The Labute approximate surface area is 230 Å². The van der Waals surface area contributed by atoms with Gasteiger partial charge in [-0.3, -0.25) is 4.79 Å². The van der Waals surface area contributed by atoms with Crippen LogP contribution in [0.25, 0.3) is 11.0 Å². The number of benzene rings is 1. The van der Waals surface area contributed by atoms with Crippen molar-refractivity contribution in [3.8, 4) is 0 Å². The molecule has 40 heavy (non-hydrogen) atoms. The molecule has 2 atom stereocenters. The molecule has 1 amide bonds. The summed E-state index contributed by atoms with van der Waals surface area (Å²) in [4.78, 5) is 35.5. The summed E-state index contributed by atoms with van der Waals surface area (Å²) in [5.74, 6) is -0.170. The van der Waals surface area contributed by atoms with Gasteiger partial charge in [0.15, 0.2) is 5.65 Å². The van der Waals surface area contributed by atoms with E-state index < -0.39 is 12.1 Å². The lowest BCUT2D eigenvalue weighted by Gasteiger charge is -2.22. The molecule has 2 saturated heterocycles. The molecule has 2 aliphatic heterocycles. The first kappa shape index (κ1) is 29.1. The highest BCUT2D eigenvalue weighted by Crippen LogP contribution is 2.32. The van der Waals surface area contributed by atoms with Gasteiger partial charge in [0, 0.05) is 44.2 Å². The molecule has 2 aliphatic rings. The highest BCUT2D eigenvalue weighted by Gasteiger charge is 2.38. The van der Waals surface area contributed by atoms with Gasteiger partial charge in [0.2, 0.25) is 11.9 Å². The third-order valence-corrected chi connectivity index (χ3v) is 6.83. The van der Waals surface area contributed by atoms with Gasteiger partial charge in [0.25, 0.3) is 0 Å². The molecular weight excluding hydrogens is 527 g/mol. The van der Waals surface area contributed by atoms with Gasteiger partial charge in [-0.1, -0.05) is 25.1 Å². The molecule has 0 bridgehead atoms. The third kappa shape index (κ3) is 6.62. The number of carbonyl (C=O) groups excluding carboxylic acids is 1. The van der Waals surface area contributed by atoms with E-state index in [9.17, 15) is 18.0 Å². The lowest BCUT2D eigenvalue weighted by molar-refractivity contribution is -0.192. The number of carbonyl (C=O) groups is 2. The van der Waals surface area contributed by atoms with E-state index in [-0.39, 0.29) is 17.4 Å². The molecular formula is C27H34F3N7O3. The summed E-state index contributed by atoms with van der Waals surface area (Å²) in [5.41, 5.74) is 1.63. The van der Waals surface area contributed by atoms with Crippen LogP contribution in [0.5, 0.6) is 0 Å². The van der Waals surface area contributed by atoms with Crippen LogP contribution in [-0.4, -0.2) is 69.1 Å². The summed E-state index contributed by atoms with van der Waals surface area (Å²) in [5, 5.41) is 16.2. The van der Waals surface area contributed by atoms with Gasteiger partial charge in [-0.2, -0.15) is 28.2 Å². The molecule has 0 aliphatic carbocycles. The SMILES string of the molecule is CC1CCN(c2nc(NCC3CC(=O)N(c4ccccc4)C3)nc3c2cnn3C(C)(C)C)C1.O=C(O)C(F)(F)F. The lowest BCUT2D eigenvalue weighted by Crippen LogP contribution is -2.26. The molecule has 2 N–H and O–H groups in total. The average Bonchev–Trinajstić information content (AvgIpc) is 3.60. The number of hydrogen-bond acceptors (Lipinski definition) is 7. The molecule has 2 unspecified atom stereocenters. The van der Waals surface area contributed by atoms with Gasteiger partial charge < -0.3 is 20.2 Å². The Morgan fingerprint density at radius 1 is 1.12 bits per heavy atom. The molecule has 4 heterocycles. The summed E-state index contributed by atoms with van der Waals surface area (Å²) in [6, 6.07) is 9.88. The van der Waals surface area contributed by atoms with Crippen molar-refractivity contribution in [1.29, 1.82) is 0 Å². The molecule has 13 heteroatoms. The Hall–Kier alpha value is -3.90. The number of alkyl halides is 3. The van der Waals surface area contributed by atoms with E-state index in [1.54, 1.807) is 0 Å². The molecule has 10 nitrogen and oxygen atoms in total. The van der Waals surface area contributed by atoms with Crippen molar-refractivity contribution in [1.82, 2.24) is 19.7 Å². The van der Waals surface area contributed by atoms with E-state index in [0.29, 0.717) is 31.4 Å². The Kier molecular flexibility index (Phi) is 8.22. The molecule has 0 spiro atoms. The predicted octanol–water partition coefficient (Wildman–Crippen LogP) is 4.53. The zero-order valence-electron chi connectivity index (χ0n) is 22.9. The number of nitrogens with one attached hydrogen (secondary N) is 1. The van der Waals surface area contributed by atoms with Gasteiger partial charge in [-0.15, -0.1) is 0 Å². The van der Waals surface area contributed by atoms with Gasteiger partial charge >= 0.3 is 12.1 Å². The number of halogens is 3. The predicted molar refractivity (Wildman–Crippen MR) is 145 cm³/mol. The van der Waals surface area contributed by atoms with E-state index in [1.807, 2.05) is 46.1 Å². The Balaban J connectivity index is 0.000000470. The maximum Gasteiger partial charge on any atom is 0.490 e. The van der Waals surface area contributed by atoms with Gasteiger partial charge in [-0.25, -0.2) is 9.48 Å². The number of anilines is 3. The number of aromatic nitrogens is 4. The fourth-order valence-corrected chi connectivity index (χ4v) is 4.84. The summed E-state index contributed by atoms with van der Waals surface area (Å²) < 4.78 is 33.7. The zero-order valence-corrected chi connectivity index (χ0v) is 22.9. The van der Waals surface area contributed by atoms with Crippen LogP contribution < -0.4 is 15.1 Å². The monoisotopic (exact) mass is 561 g/mol. The molecule has 0 radical (unpaired) electrons. The number of carboxylic acids is 1. The summed E-state index contributed by atoms with van der Waals surface area (Å²) >= 11 is 0. The Morgan fingerprint density at radius 3 is 2.38 bits per heavy atom. The van der Waals surface area contributed by atoms with E-state index in [0.717, 1.165) is 35.6 Å². The van der Waals surface area contributed by atoms with E-state index in [4.69, 9.17) is 19.9 Å². The molecule has 216 valence electrons. The second kappa shape index (κ2) is 11.3. The quantitative estimate of drug-likeness (QED) is 0.467. The van der Waals surface area contributed by atoms with E-state index in [1.165, 1.54) is 6.42 Å². The van der Waals surface area contributed by atoms with Crippen LogP contribution in [0.1, 0.15) is 40.5 Å². The first-order valence-electron chi connectivity index (χ1n) is 13.1. The average molecular weight is 562 g/mol. The molecule has 0 saturated carbocycles. The number of carboxylic acid groups (broad SMARTS) is 1. The minimum absolute atomic E-state index is 0.168. The minimum Gasteiger partial charge on any atom is -0.475 e. The maximum atomic E-state index is 12.6. The van der Waals surface area contributed by atoms with Gasteiger partial charge in [-0.05, 0) is 45.2 Å². The van der Waals surface area contributed by atoms with Crippen molar-refractivity contribution in [3.63, 3.8) is 0 Å². The highest BCUT2D eigenvalue weighted by molar-refractivity contribution is 5.95. The number of nitrogens with zero attached hydrogens (tertiary/aromatic N) is 6. The largest absolute Gasteiger partial charge is 0.490 e. The zero-order chi connectivity index (χ0) is 29.2. The number of amides is 1. The first-order chi connectivity index (χ1) is 18.7. The van der Waals surface area contributed by atoms with Crippen LogP contribution >= 0.6 is 0 Å². The highest BCUT2D eigenvalue weighted by atomic mass is 19.4. The number of aliphatic carboxylic acids is 1. The molecule has 5 rings (SSSR count). The second-order valence-corrected chi connectivity index (χ2v) is 11.3. The van der Waals surface area contributed by atoms with Crippen molar-refractivity contribution in [2.75, 3.05) is 41.3 Å². The van der Waals surface area contributed by atoms with Crippen LogP contribution in [-0.2, 0) is 15.1 Å². The summed E-state index contributed by atoms with van der Waals surface area (Å²) in [6.45, 7) is 12.0. The number of para-hydroxylation sites is 1. The number of rotatable bonds is 5. The first-order valence-corrected chi connectivity index (χ1v) is 13.1. The Bertz CT molecular complexity index is 1360. The topological polar surface area (TPSA) is 116 Å². The van der Waals surface area contributed by atoms with Crippen molar-refractivity contribution in [3.05, 3.63) is 36.5 Å². The van der Waals surface area contributed by atoms with Crippen molar-refractivity contribution in [2.24, 2.45) is 11.8 Å². The summed E-state index contributed by atoms with van der Waals surface area (Å²) in [7, 11) is 0. The Morgan fingerprint density at radius 2 is 1.80 bits per heavy atom. The van der Waals surface area contributed by atoms with Crippen molar-refractivity contribution < 1.29 is 27.9 Å². The van der Waals surface area contributed by atoms with Crippen LogP contribution in [0.15, 0.2) is 36.5 Å². The fraction of sp³-hybridized carbons (Fsp3) is 0.519. The third-order valence-electron chi connectivity index (χ3n) is 6.83. The second-order valence-electron chi connectivity index (χ2n) is 11.3. The molecule has 2 aromatic heterocycles. The lowest BCUT2D eigenvalue weighted by atomic mass is 10.1. The normalized spacial score (nSPS) is 19.6. The van der Waals surface area contributed by atoms with Crippen molar-refractivity contribution >= 4 is 40.4 Å². The van der Waals surface area contributed by atoms with Crippen LogP contribution in [0.2, 0.25) is 0 Å².